The predicted molar refractivity (Wildman–Crippen MR) is 121 cm³/mol. The van der Waals surface area contributed by atoms with Crippen molar-refractivity contribution < 1.29 is 19.1 Å². The number of hydrogen-bond acceptors (Lipinski definition) is 7. The molecule has 2 aromatic heterocycles. The SMILES string of the molecule is CC(C(=O)Nc1ccc(Oc2cc(-n3cccn3)ncn2)cc1)N1C(=O)c2ccccc2C1=O. The predicted octanol–water partition coefficient (Wildman–Crippen LogP) is 3.08. The van der Waals surface area contributed by atoms with Gasteiger partial charge in [0.1, 0.15) is 18.1 Å². The van der Waals surface area contributed by atoms with Gasteiger partial charge >= 0.3 is 0 Å². The van der Waals surface area contributed by atoms with Crippen LogP contribution in [-0.2, 0) is 4.79 Å². The van der Waals surface area contributed by atoms with Crippen LogP contribution in [0, 0.1) is 0 Å². The number of nitrogens with zero attached hydrogens (tertiary/aromatic N) is 5. The minimum atomic E-state index is -0.981. The number of nitrogens with one attached hydrogen (secondary N) is 1. The van der Waals surface area contributed by atoms with Gasteiger partial charge in [-0.1, -0.05) is 12.1 Å². The minimum absolute atomic E-state index is 0.300. The zero-order chi connectivity index (χ0) is 23.7. The summed E-state index contributed by atoms with van der Waals surface area (Å²) in [6.45, 7) is 1.51. The van der Waals surface area contributed by atoms with Crippen molar-refractivity contribution in [3.8, 4) is 17.4 Å². The van der Waals surface area contributed by atoms with E-state index in [1.54, 1.807) is 77.7 Å². The van der Waals surface area contributed by atoms with Crippen molar-refractivity contribution >= 4 is 23.4 Å². The quantitative estimate of drug-likeness (QED) is 0.445. The van der Waals surface area contributed by atoms with Crippen molar-refractivity contribution in [1.82, 2.24) is 24.6 Å². The van der Waals surface area contributed by atoms with Gasteiger partial charge in [0.25, 0.3) is 11.8 Å². The van der Waals surface area contributed by atoms with E-state index < -0.39 is 23.8 Å². The van der Waals surface area contributed by atoms with Crippen molar-refractivity contribution in [2.45, 2.75) is 13.0 Å². The number of fused-ring (bicyclic) bond motifs is 1. The molecule has 3 heterocycles. The molecule has 0 radical (unpaired) electrons. The summed E-state index contributed by atoms with van der Waals surface area (Å²) in [6.07, 6.45) is 4.78. The molecule has 1 N–H and O–H groups in total. The first-order valence-electron chi connectivity index (χ1n) is 10.4. The van der Waals surface area contributed by atoms with Crippen LogP contribution in [0.4, 0.5) is 5.69 Å². The molecule has 1 aliphatic rings. The van der Waals surface area contributed by atoms with Crippen LogP contribution < -0.4 is 10.1 Å². The summed E-state index contributed by atoms with van der Waals surface area (Å²) >= 11 is 0. The first-order valence-corrected chi connectivity index (χ1v) is 10.4. The van der Waals surface area contributed by atoms with E-state index in [2.05, 4.69) is 20.4 Å². The molecule has 1 atom stereocenters. The van der Waals surface area contributed by atoms with Crippen LogP contribution >= 0.6 is 0 Å². The molecule has 1 unspecified atom stereocenters. The number of amides is 3. The molecule has 0 bridgehead atoms. The van der Waals surface area contributed by atoms with Crippen LogP contribution in [0.5, 0.6) is 11.6 Å². The molecule has 5 rings (SSSR count). The van der Waals surface area contributed by atoms with E-state index in [9.17, 15) is 14.4 Å². The first kappa shape index (κ1) is 21.0. The number of carbonyl (C=O) groups is 3. The molecule has 3 amide bonds. The van der Waals surface area contributed by atoms with Gasteiger partial charge in [0.2, 0.25) is 11.8 Å². The molecule has 0 fully saturated rings. The maximum Gasteiger partial charge on any atom is 0.262 e. The van der Waals surface area contributed by atoms with Crippen LogP contribution in [0.15, 0.2) is 79.4 Å². The average Bonchev–Trinajstić information content (AvgIpc) is 3.48. The lowest BCUT2D eigenvalue weighted by atomic mass is 10.1. The van der Waals surface area contributed by atoms with Gasteiger partial charge in [0.15, 0.2) is 5.82 Å². The van der Waals surface area contributed by atoms with Crippen LogP contribution in [-0.4, -0.2) is 48.4 Å². The Kier molecular flexibility index (Phi) is 5.30. The number of aromatic nitrogens is 4. The second-order valence-electron chi connectivity index (χ2n) is 7.48. The third-order valence-electron chi connectivity index (χ3n) is 5.30. The standard InChI is InChI=1S/C24H18N6O4/c1-15(30-23(32)18-5-2-3-6-19(18)24(30)33)22(31)28-16-7-9-17(10-8-16)34-21-13-20(25-14-26-21)29-12-4-11-27-29/h2-15H,1H3,(H,28,31). The maximum atomic E-state index is 12.8. The fraction of sp³-hybridized carbons (Fsp3) is 0.0833. The Morgan fingerprint density at radius 3 is 2.32 bits per heavy atom. The molecule has 0 spiro atoms. The highest BCUT2D eigenvalue weighted by Gasteiger charge is 2.40. The monoisotopic (exact) mass is 454 g/mol. The number of anilines is 1. The molecule has 0 saturated heterocycles. The van der Waals surface area contributed by atoms with E-state index in [0.29, 0.717) is 34.3 Å². The molecule has 34 heavy (non-hydrogen) atoms. The molecule has 1 aliphatic heterocycles. The van der Waals surface area contributed by atoms with Crippen LogP contribution in [0.1, 0.15) is 27.6 Å². The minimum Gasteiger partial charge on any atom is -0.439 e. The van der Waals surface area contributed by atoms with Gasteiger partial charge in [-0.15, -0.1) is 0 Å². The van der Waals surface area contributed by atoms with E-state index in [-0.39, 0.29) is 0 Å². The molecule has 10 nitrogen and oxygen atoms in total. The third-order valence-corrected chi connectivity index (χ3v) is 5.30. The number of hydrogen-bond donors (Lipinski definition) is 1. The Labute approximate surface area is 193 Å². The second-order valence-corrected chi connectivity index (χ2v) is 7.48. The largest absolute Gasteiger partial charge is 0.439 e. The van der Waals surface area contributed by atoms with Crippen molar-refractivity contribution in [1.29, 1.82) is 0 Å². The highest BCUT2D eigenvalue weighted by Crippen LogP contribution is 2.26. The van der Waals surface area contributed by atoms with Gasteiger partial charge in [0.05, 0.1) is 11.1 Å². The number of ether oxygens (including phenoxy) is 1. The topological polar surface area (TPSA) is 119 Å². The lowest BCUT2D eigenvalue weighted by Gasteiger charge is -2.21. The van der Waals surface area contributed by atoms with Crippen LogP contribution in [0.2, 0.25) is 0 Å². The summed E-state index contributed by atoms with van der Waals surface area (Å²) in [5.41, 5.74) is 1.09. The van der Waals surface area contributed by atoms with Gasteiger partial charge in [-0.3, -0.25) is 19.3 Å². The summed E-state index contributed by atoms with van der Waals surface area (Å²) < 4.78 is 7.35. The Balaban J connectivity index is 1.24. The number of rotatable bonds is 6. The fourth-order valence-corrected chi connectivity index (χ4v) is 3.57. The number of imide groups is 1. The smallest absolute Gasteiger partial charge is 0.262 e. The van der Waals surface area contributed by atoms with Crippen molar-refractivity contribution in [3.63, 3.8) is 0 Å². The summed E-state index contributed by atoms with van der Waals surface area (Å²) in [5.74, 6) is -0.0606. The zero-order valence-electron chi connectivity index (χ0n) is 18.0. The molecule has 4 aromatic rings. The molecular formula is C24H18N6O4. The highest BCUT2D eigenvalue weighted by molar-refractivity contribution is 6.23. The van der Waals surface area contributed by atoms with Crippen molar-refractivity contribution in [3.05, 3.63) is 90.5 Å². The van der Waals surface area contributed by atoms with Crippen LogP contribution in [0.3, 0.4) is 0 Å². The highest BCUT2D eigenvalue weighted by atomic mass is 16.5. The zero-order valence-corrected chi connectivity index (χ0v) is 18.0. The lowest BCUT2D eigenvalue weighted by molar-refractivity contribution is -0.119. The second kappa shape index (κ2) is 8.58. The number of benzene rings is 2. The Bertz CT molecular complexity index is 1350. The summed E-state index contributed by atoms with van der Waals surface area (Å²) in [5, 5.41) is 6.85. The third kappa shape index (κ3) is 3.88. The van der Waals surface area contributed by atoms with E-state index in [0.717, 1.165) is 4.90 Å². The molecule has 168 valence electrons. The van der Waals surface area contributed by atoms with Gasteiger partial charge in [-0.25, -0.2) is 14.6 Å². The van der Waals surface area contributed by atoms with Gasteiger partial charge < -0.3 is 10.1 Å². The normalized spacial score (nSPS) is 13.5. The van der Waals surface area contributed by atoms with E-state index >= 15 is 0 Å². The molecule has 0 aliphatic carbocycles. The van der Waals surface area contributed by atoms with Gasteiger partial charge in [0, 0.05) is 24.1 Å². The fourth-order valence-electron chi connectivity index (χ4n) is 3.57. The first-order chi connectivity index (χ1) is 16.5. The molecule has 0 saturated carbocycles. The maximum absolute atomic E-state index is 12.8. The van der Waals surface area contributed by atoms with Crippen LogP contribution in [0.25, 0.3) is 5.82 Å². The van der Waals surface area contributed by atoms with Gasteiger partial charge in [-0.2, -0.15) is 5.10 Å². The Hall–Kier alpha value is -4.86. The van der Waals surface area contributed by atoms with E-state index in [1.807, 2.05) is 0 Å². The summed E-state index contributed by atoms with van der Waals surface area (Å²) in [4.78, 5) is 47.2. The molecular weight excluding hydrogens is 436 g/mol. The lowest BCUT2D eigenvalue weighted by Crippen LogP contribution is -2.45. The van der Waals surface area contributed by atoms with E-state index in [1.165, 1.54) is 13.3 Å². The van der Waals surface area contributed by atoms with E-state index in [4.69, 9.17) is 4.74 Å². The summed E-state index contributed by atoms with van der Waals surface area (Å²) in [7, 11) is 0. The van der Waals surface area contributed by atoms with Crippen molar-refractivity contribution in [2.24, 2.45) is 0 Å². The van der Waals surface area contributed by atoms with Crippen molar-refractivity contribution in [2.75, 3.05) is 5.32 Å². The molecule has 10 heteroatoms. The Morgan fingerprint density at radius 2 is 1.68 bits per heavy atom. The Morgan fingerprint density at radius 1 is 0.971 bits per heavy atom. The summed E-state index contributed by atoms with van der Waals surface area (Å²) in [6, 6.07) is 15.6. The average molecular weight is 454 g/mol. The molecule has 2 aromatic carbocycles. The number of carbonyl (C=O) groups excluding carboxylic acids is 3. The van der Waals surface area contributed by atoms with Gasteiger partial charge in [-0.05, 0) is 49.4 Å².